The van der Waals surface area contributed by atoms with Crippen LogP contribution in [-0.4, -0.2) is 20.0 Å². The highest BCUT2D eigenvalue weighted by Crippen LogP contribution is 2.47. The van der Waals surface area contributed by atoms with Crippen LogP contribution in [0.4, 0.5) is 13.2 Å². The number of hydrogen-bond donors (Lipinski definition) is 0. The molecular formula is C17H13BrClF3N4O. The number of halogens is 5. The van der Waals surface area contributed by atoms with Crippen molar-refractivity contribution in [3.05, 3.63) is 62.5 Å². The third-order valence-corrected chi connectivity index (χ3v) is 5.26. The van der Waals surface area contributed by atoms with E-state index in [0.717, 1.165) is 18.4 Å². The lowest BCUT2D eigenvalue weighted by Crippen LogP contribution is -2.10. The molecule has 1 aliphatic rings. The molecule has 1 aromatic carbocycles. The molecule has 0 saturated heterocycles. The second-order valence-electron chi connectivity index (χ2n) is 6.37. The zero-order chi connectivity index (χ0) is 19.2. The van der Waals surface area contributed by atoms with Gasteiger partial charge in [0.1, 0.15) is 6.54 Å². The van der Waals surface area contributed by atoms with Crippen LogP contribution < -0.4 is 0 Å². The van der Waals surface area contributed by atoms with Gasteiger partial charge in [-0.3, -0.25) is 4.68 Å². The normalized spacial score (nSPS) is 14.7. The van der Waals surface area contributed by atoms with Gasteiger partial charge in [0.2, 0.25) is 11.8 Å². The summed E-state index contributed by atoms with van der Waals surface area (Å²) < 4.78 is 46.4. The Labute approximate surface area is 165 Å². The predicted octanol–water partition coefficient (Wildman–Crippen LogP) is 5.22. The predicted molar refractivity (Wildman–Crippen MR) is 94.6 cm³/mol. The van der Waals surface area contributed by atoms with Gasteiger partial charge in [0.25, 0.3) is 0 Å². The number of alkyl halides is 3. The monoisotopic (exact) mass is 460 g/mol. The van der Waals surface area contributed by atoms with E-state index in [1.54, 1.807) is 12.1 Å². The summed E-state index contributed by atoms with van der Waals surface area (Å²) in [4.78, 5) is 0. The van der Waals surface area contributed by atoms with E-state index in [-0.39, 0.29) is 22.8 Å². The molecule has 142 valence electrons. The first kappa shape index (κ1) is 18.5. The van der Waals surface area contributed by atoms with E-state index in [1.165, 1.54) is 4.68 Å². The zero-order valence-electron chi connectivity index (χ0n) is 13.8. The van der Waals surface area contributed by atoms with E-state index in [0.29, 0.717) is 23.0 Å². The van der Waals surface area contributed by atoms with Crippen molar-refractivity contribution in [1.82, 2.24) is 20.0 Å². The van der Waals surface area contributed by atoms with E-state index in [2.05, 4.69) is 31.2 Å². The van der Waals surface area contributed by atoms with Crippen LogP contribution in [0, 0.1) is 0 Å². The minimum absolute atomic E-state index is 0.00148. The summed E-state index contributed by atoms with van der Waals surface area (Å²) in [6, 6.07) is 7.21. The van der Waals surface area contributed by atoms with Crippen molar-refractivity contribution >= 4 is 27.5 Å². The number of aromatic nitrogens is 4. The van der Waals surface area contributed by atoms with E-state index < -0.39 is 11.9 Å². The lowest BCUT2D eigenvalue weighted by Gasteiger charge is -2.03. The molecule has 3 aromatic rings. The third-order valence-electron chi connectivity index (χ3n) is 4.23. The molecule has 27 heavy (non-hydrogen) atoms. The largest absolute Gasteiger partial charge is 0.436 e. The van der Waals surface area contributed by atoms with Crippen molar-refractivity contribution in [2.45, 2.75) is 37.9 Å². The highest BCUT2D eigenvalue weighted by molar-refractivity contribution is 9.10. The number of rotatable bonds is 5. The molecule has 0 aliphatic heterocycles. The Morgan fingerprint density at radius 3 is 2.44 bits per heavy atom. The molecule has 0 spiro atoms. The Bertz CT molecular complexity index is 964. The van der Waals surface area contributed by atoms with E-state index in [9.17, 15) is 13.2 Å². The second kappa shape index (κ2) is 6.94. The molecule has 10 heteroatoms. The molecule has 0 N–H and O–H groups in total. The van der Waals surface area contributed by atoms with Crippen LogP contribution in [0.3, 0.4) is 0 Å². The molecule has 2 aromatic heterocycles. The maximum atomic E-state index is 13.2. The molecule has 0 radical (unpaired) electrons. The van der Waals surface area contributed by atoms with Crippen LogP contribution in [0.2, 0.25) is 5.02 Å². The SMILES string of the molecule is FC(F)(F)c1nn(Cc2nnc(Cc3ccc(Cl)cc3)o2)c(C2CC2)c1Br. The van der Waals surface area contributed by atoms with Crippen molar-refractivity contribution in [3.8, 4) is 0 Å². The van der Waals surface area contributed by atoms with Crippen molar-refractivity contribution in [3.63, 3.8) is 0 Å². The lowest BCUT2D eigenvalue weighted by atomic mass is 10.1. The molecule has 0 unspecified atom stereocenters. The first-order chi connectivity index (χ1) is 12.8. The quantitative estimate of drug-likeness (QED) is 0.523. The van der Waals surface area contributed by atoms with Crippen molar-refractivity contribution in [2.24, 2.45) is 0 Å². The fourth-order valence-electron chi connectivity index (χ4n) is 2.83. The molecule has 1 aliphatic carbocycles. The average molecular weight is 462 g/mol. The van der Waals surface area contributed by atoms with Crippen LogP contribution in [0.1, 0.15) is 47.5 Å². The summed E-state index contributed by atoms with van der Waals surface area (Å²) >= 11 is 8.92. The van der Waals surface area contributed by atoms with Gasteiger partial charge in [0.05, 0.1) is 16.6 Å². The van der Waals surface area contributed by atoms with Crippen LogP contribution in [0.15, 0.2) is 33.2 Å². The summed E-state index contributed by atoms with van der Waals surface area (Å²) in [7, 11) is 0. The molecule has 1 fully saturated rings. The van der Waals surface area contributed by atoms with Gasteiger partial charge in [-0.05, 0) is 46.5 Å². The smallest absolute Gasteiger partial charge is 0.423 e. The fraction of sp³-hybridized carbons (Fsp3) is 0.353. The van der Waals surface area contributed by atoms with Gasteiger partial charge in [-0.1, -0.05) is 23.7 Å². The highest BCUT2D eigenvalue weighted by atomic mass is 79.9. The number of nitrogens with zero attached hydrogens (tertiary/aromatic N) is 4. The van der Waals surface area contributed by atoms with Crippen LogP contribution in [0.25, 0.3) is 0 Å². The van der Waals surface area contributed by atoms with Gasteiger partial charge < -0.3 is 4.42 Å². The minimum atomic E-state index is -4.53. The van der Waals surface area contributed by atoms with Crippen LogP contribution >= 0.6 is 27.5 Å². The summed E-state index contributed by atoms with van der Waals surface area (Å²) in [5.74, 6) is 0.659. The fourth-order valence-corrected chi connectivity index (χ4v) is 3.79. The molecule has 1 saturated carbocycles. The van der Waals surface area contributed by atoms with Gasteiger partial charge in [-0.25, -0.2) is 0 Å². The third kappa shape index (κ3) is 4.03. The standard InChI is InChI=1S/C17H13BrClF3N4O/c18-14-15(10-3-4-10)26(25-16(14)17(20,21)22)8-13-24-23-12(27-13)7-9-1-5-11(19)6-2-9/h1-2,5-6,10H,3-4,7-8H2. The van der Waals surface area contributed by atoms with Gasteiger partial charge in [0.15, 0.2) is 5.69 Å². The van der Waals surface area contributed by atoms with E-state index in [1.807, 2.05) is 12.1 Å². The second-order valence-corrected chi connectivity index (χ2v) is 7.60. The first-order valence-electron chi connectivity index (χ1n) is 8.20. The molecule has 0 amide bonds. The maximum absolute atomic E-state index is 13.2. The minimum Gasteiger partial charge on any atom is -0.423 e. The molecule has 4 rings (SSSR count). The Kier molecular flexibility index (Phi) is 4.75. The molecular weight excluding hydrogens is 449 g/mol. The van der Waals surface area contributed by atoms with E-state index >= 15 is 0 Å². The van der Waals surface area contributed by atoms with Gasteiger partial charge in [-0.2, -0.15) is 18.3 Å². The van der Waals surface area contributed by atoms with Gasteiger partial charge in [0, 0.05) is 10.9 Å². The summed E-state index contributed by atoms with van der Waals surface area (Å²) in [6.07, 6.45) is -2.43. The van der Waals surface area contributed by atoms with Crippen LogP contribution in [0.5, 0.6) is 0 Å². The Balaban J connectivity index is 1.56. The van der Waals surface area contributed by atoms with Crippen molar-refractivity contribution in [1.29, 1.82) is 0 Å². The molecule has 0 atom stereocenters. The van der Waals surface area contributed by atoms with Crippen molar-refractivity contribution in [2.75, 3.05) is 0 Å². The zero-order valence-corrected chi connectivity index (χ0v) is 16.1. The van der Waals surface area contributed by atoms with Crippen molar-refractivity contribution < 1.29 is 17.6 Å². The Morgan fingerprint density at radius 1 is 1.15 bits per heavy atom. The van der Waals surface area contributed by atoms with Gasteiger partial charge in [-0.15, -0.1) is 10.2 Å². The average Bonchev–Trinajstić information content (AvgIpc) is 3.24. The maximum Gasteiger partial charge on any atom is 0.436 e. The number of benzene rings is 1. The molecule has 0 bridgehead atoms. The van der Waals surface area contributed by atoms with Crippen LogP contribution in [-0.2, 0) is 19.1 Å². The molecule has 2 heterocycles. The number of hydrogen-bond acceptors (Lipinski definition) is 4. The molecule has 5 nitrogen and oxygen atoms in total. The van der Waals surface area contributed by atoms with Gasteiger partial charge >= 0.3 is 6.18 Å². The topological polar surface area (TPSA) is 56.7 Å². The summed E-state index contributed by atoms with van der Waals surface area (Å²) in [5, 5.41) is 12.3. The van der Waals surface area contributed by atoms with E-state index in [4.69, 9.17) is 16.0 Å². The lowest BCUT2D eigenvalue weighted by molar-refractivity contribution is -0.142. The summed E-state index contributed by atoms with van der Waals surface area (Å²) in [6.45, 7) is -0.00582. The highest BCUT2D eigenvalue weighted by Gasteiger charge is 2.41. The Morgan fingerprint density at radius 2 is 1.81 bits per heavy atom. The summed E-state index contributed by atoms with van der Waals surface area (Å²) in [5.41, 5.74) is 0.541. The first-order valence-corrected chi connectivity index (χ1v) is 9.37. The Hall–Kier alpha value is -1.87.